The van der Waals surface area contributed by atoms with Crippen LogP contribution < -0.4 is 4.74 Å². The van der Waals surface area contributed by atoms with Crippen LogP contribution in [0.3, 0.4) is 0 Å². The van der Waals surface area contributed by atoms with Crippen molar-refractivity contribution in [3.05, 3.63) is 47.9 Å². The van der Waals surface area contributed by atoms with Crippen LogP contribution in [-0.2, 0) is 11.8 Å². The SMILES string of the molecule is CC(C)(C)c1cc(-c2nccn2-c2cccc3c2CCO3)n[nH]1. The average molecular weight is 308 g/mol. The Morgan fingerprint density at radius 2 is 2.13 bits per heavy atom. The second-order valence-electron chi connectivity index (χ2n) is 6.89. The predicted molar refractivity (Wildman–Crippen MR) is 89.0 cm³/mol. The van der Waals surface area contributed by atoms with Gasteiger partial charge in [0.15, 0.2) is 5.82 Å². The second-order valence-corrected chi connectivity index (χ2v) is 6.89. The number of H-pyrrole nitrogens is 1. The quantitative estimate of drug-likeness (QED) is 0.788. The lowest BCUT2D eigenvalue weighted by molar-refractivity contribution is 0.357. The molecule has 0 radical (unpaired) electrons. The number of aromatic nitrogens is 4. The highest BCUT2D eigenvalue weighted by Crippen LogP contribution is 2.33. The largest absolute Gasteiger partial charge is 0.493 e. The molecule has 3 heterocycles. The third-order valence-electron chi connectivity index (χ3n) is 4.23. The summed E-state index contributed by atoms with van der Waals surface area (Å²) in [6.45, 7) is 7.24. The molecule has 0 aliphatic carbocycles. The van der Waals surface area contributed by atoms with Crippen molar-refractivity contribution in [3.63, 3.8) is 0 Å². The van der Waals surface area contributed by atoms with E-state index in [0.717, 1.165) is 41.7 Å². The first-order chi connectivity index (χ1) is 11.0. The fourth-order valence-corrected chi connectivity index (χ4v) is 2.94. The number of nitrogens with one attached hydrogen (secondary N) is 1. The van der Waals surface area contributed by atoms with E-state index in [9.17, 15) is 0 Å². The number of nitrogens with zero attached hydrogens (tertiary/aromatic N) is 3. The lowest BCUT2D eigenvalue weighted by Crippen LogP contribution is -2.11. The van der Waals surface area contributed by atoms with Crippen molar-refractivity contribution in [2.75, 3.05) is 6.61 Å². The third kappa shape index (κ3) is 2.32. The number of imidazole rings is 1. The number of fused-ring (bicyclic) bond motifs is 1. The summed E-state index contributed by atoms with van der Waals surface area (Å²) in [5, 5.41) is 7.60. The Labute approximate surface area is 135 Å². The molecule has 4 rings (SSSR count). The number of hydrogen-bond acceptors (Lipinski definition) is 3. The molecule has 0 atom stereocenters. The minimum Gasteiger partial charge on any atom is -0.493 e. The highest BCUT2D eigenvalue weighted by Gasteiger charge is 2.22. The monoisotopic (exact) mass is 308 g/mol. The van der Waals surface area contributed by atoms with Crippen molar-refractivity contribution in [3.8, 4) is 23.0 Å². The smallest absolute Gasteiger partial charge is 0.165 e. The van der Waals surface area contributed by atoms with Crippen molar-refractivity contribution >= 4 is 0 Å². The zero-order valence-corrected chi connectivity index (χ0v) is 13.6. The van der Waals surface area contributed by atoms with E-state index in [4.69, 9.17) is 4.74 Å². The summed E-state index contributed by atoms with van der Waals surface area (Å²) in [7, 11) is 0. The molecule has 0 bridgehead atoms. The molecule has 0 amide bonds. The summed E-state index contributed by atoms with van der Waals surface area (Å²) in [6.07, 6.45) is 4.72. The van der Waals surface area contributed by atoms with Crippen LogP contribution in [-0.4, -0.2) is 26.4 Å². The van der Waals surface area contributed by atoms with E-state index in [2.05, 4.69) is 52.7 Å². The van der Waals surface area contributed by atoms with Crippen molar-refractivity contribution in [2.24, 2.45) is 0 Å². The number of rotatable bonds is 2. The molecule has 3 aromatic rings. The molecule has 0 unspecified atom stereocenters. The van der Waals surface area contributed by atoms with E-state index in [1.807, 2.05) is 24.5 Å². The highest BCUT2D eigenvalue weighted by molar-refractivity contribution is 5.59. The first-order valence-electron chi connectivity index (χ1n) is 7.89. The normalized spacial score (nSPS) is 13.9. The molecule has 0 fully saturated rings. The van der Waals surface area contributed by atoms with E-state index in [1.54, 1.807) is 0 Å². The minimum absolute atomic E-state index is 0.0322. The maximum absolute atomic E-state index is 5.68. The van der Waals surface area contributed by atoms with Gasteiger partial charge in [-0.1, -0.05) is 26.8 Å². The van der Waals surface area contributed by atoms with Gasteiger partial charge < -0.3 is 4.74 Å². The summed E-state index contributed by atoms with van der Waals surface area (Å²) >= 11 is 0. The van der Waals surface area contributed by atoms with E-state index >= 15 is 0 Å². The van der Waals surface area contributed by atoms with Crippen molar-refractivity contribution in [2.45, 2.75) is 32.6 Å². The molecule has 0 spiro atoms. The number of ether oxygens (including phenoxy) is 1. The Morgan fingerprint density at radius 1 is 1.26 bits per heavy atom. The molecule has 1 N–H and O–H groups in total. The lowest BCUT2D eigenvalue weighted by Gasteiger charge is -2.14. The standard InChI is InChI=1S/C18H20N4O/c1-18(2,3)16-11-13(20-21-16)17-19-8-9-22(17)14-5-4-6-15-12(14)7-10-23-15/h4-6,8-9,11H,7,10H2,1-3H3,(H,20,21). The van der Waals surface area contributed by atoms with Gasteiger partial charge in [0, 0.05) is 35.5 Å². The second kappa shape index (κ2) is 4.98. The van der Waals surface area contributed by atoms with E-state index < -0.39 is 0 Å². The summed E-state index contributed by atoms with van der Waals surface area (Å²) in [6, 6.07) is 8.23. The average Bonchev–Trinajstić information content (AvgIpc) is 3.24. The summed E-state index contributed by atoms with van der Waals surface area (Å²) in [5.74, 6) is 1.82. The van der Waals surface area contributed by atoms with Gasteiger partial charge in [0.25, 0.3) is 0 Å². The zero-order chi connectivity index (χ0) is 16.0. The van der Waals surface area contributed by atoms with Crippen LogP contribution in [0.15, 0.2) is 36.7 Å². The fourth-order valence-electron chi connectivity index (χ4n) is 2.94. The Bertz CT molecular complexity index is 854. The van der Waals surface area contributed by atoms with E-state index in [-0.39, 0.29) is 5.41 Å². The lowest BCUT2D eigenvalue weighted by atomic mass is 9.92. The summed E-state index contributed by atoms with van der Waals surface area (Å²) < 4.78 is 7.77. The molecule has 23 heavy (non-hydrogen) atoms. The Kier molecular flexibility index (Phi) is 3.04. The Balaban J connectivity index is 1.81. The summed E-state index contributed by atoms with van der Waals surface area (Å²) in [4.78, 5) is 4.52. The van der Waals surface area contributed by atoms with Gasteiger partial charge in [-0.15, -0.1) is 0 Å². The molecule has 5 heteroatoms. The zero-order valence-electron chi connectivity index (χ0n) is 13.6. The van der Waals surface area contributed by atoms with Gasteiger partial charge in [-0.25, -0.2) is 4.98 Å². The molecular formula is C18H20N4O. The Morgan fingerprint density at radius 3 is 2.91 bits per heavy atom. The van der Waals surface area contributed by atoms with E-state index in [1.165, 1.54) is 5.56 Å². The van der Waals surface area contributed by atoms with Crippen molar-refractivity contribution in [1.29, 1.82) is 0 Å². The molecule has 0 saturated heterocycles. The van der Waals surface area contributed by atoms with Gasteiger partial charge in [-0.2, -0.15) is 5.10 Å². The number of hydrogen-bond donors (Lipinski definition) is 1. The van der Waals surface area contributed by atoms with Crippen molar-refractivity contribution < 1.29 is 4.74 Å². The van der Waals surface area contributed by atoms with Crippen LogP contribution in [0.1, 0.15) is 32.0 Å². The molecule has 1 aromatic carbocycles. The highest BCUT2D eigenvalue weighted by atomic mass is 16.5. The first kappa shape index (κ1) is 14.1. The van der Waals surface area contributed by atoms with Crippen LogP contribution in [0.5, 0.6) is 5.75 Å². The fraction of sp³-hybridized carbons (Fsp3) is 0.333. The van der Waals surface area contributed by atoms with Crippen LogP contribution in [0, 0.1) is 0 Å². The van der Waals surface area contributed by atoms with Gasteiger partial charge in [-0.05, 0) is 18.2 Å². The third-order valence-corrected chi connectivity index (χ3v) is 4.23. The van der Waals surface area contributed by atoms with Gasteiger partial charge in [-0.3, -0.25) is 9.67 Å². The van der Waals surface area contributed by atoms with Crippen LogP contribution >= 0.6 is 0 Å². The van der Waals surface area contributed by atoms with Crippen LogP contribution in [0.2, 0.25) is 0 Å². The maximum atomic E-state index is 5.68. The van der Waals surface area contributed by atoms with Gasteiger partial charge in [0.1, 0.15) is 11.4 Å². The Hall–Kier alpha value is -2.56. The van der Waals surface area contributed by atoms with Crippen molar-refractivity contribution in [1.82, 2.24) is 19.7 Å². The molecule has 1 aliphatic heterocycles. The molecule has 2 aromatic heterocycles. The predicted octanol–water partition coefficient (Wildman–Crippen LogP) is 3.49. The van der Waals surface area contributed by atoms with Gasteiger partial charge >= 0.3 is 0 Å². The van der Waals surface area contributed by atoms with Crippen LogP contribution in [0.25, 0.3) is 17.2 Å². The number of benzene rings is 1. The minimum atomic E-state index is 0.0322. The van der Waals surface area contributed by atoms with E-state index in [0.29, 0.717) is 0 Å². The van der Waals surface area contributed by atoms with Gasteiger partial charge in [0.2, 0.25) is 0 Å². The van der Waals surface area contributed by atoms with Crippen LogP contribution in [0.4, 0.5) is 0 Å². The summed E-state index contributed by atoms with van der Waals surface area (Å²) in [5.41, 5.74) is 4.34. The topological polar surface area (TPSA) is 55.7 Å². The first-order valence-corrected chi connectivity index (χ1v) is 7.89. The number of aromatic amines is 1. The molecule has 1 aliphatic rings. The molecule has 118 valence electrons. The molecular weight excluding hydrogens is 288 g/mol. The molecule has 0 saturated carbocycles. The maximum Gasteiger partial charge on any atom is 0.165 e. The molecule has 5 nitrogen and oxygen atoms in total. The van der Waals surface area contributed by atoms with Gasteiger partial charge in [0.05, 0.1) is 12.3 Å².